The Morgan fingerprint density at radius 3 is 1.16 bits per heavy atom. The van der Waals surface area contributed by atoms with Crippen LogP contribution in [0.3, 0.4) is 0 Å². The molecule has 0 aliphatic carbocycles. The lowest BCUT2D eigenvalue weighted by Gasteiger charge is -2.26. The second-order valence-corrected chi connectivity index (χ2v) is 19.9. The van der Waals surface area contributed by atoms with Gasteiger partial charge in [0.15, 0.2) is 12.4 Å². The van der Waals surface area contributed by atoms with Gasteiger partial charge in [0.05, 0.1) is 40.3 Å². The molecule has 0 radical (unpaired) electrons. The van der Waals surface area contributed by atoms with Crippen molar-refractivity contribution in [1.82, 2.24) is 0 Å². The molecular weight excluding hydrogens is 911 g/mol. The minimum Gasteiger partial charge on any atom is -0.545 e. The summed E-state index contributed by atoms with van der Waals surface area (Å²) in [5, 5.41) is 11.7. The molecule has 0 saturated heterocycles. The standard InChI is InChI=1S/C64H105NO8/c1-6-8-10-12-14-16-17-18-19-20-21-22-23-24-25-26-27-28-29-30-31-32-33-34-35-36-37-38-39-40-41-42-43-44-45-47-49-51-53-55-62(67)73-60(59-72-64(63(68)69)70-57-56-65(3,4)5)58-71-61(66)54-52-50-48-46-15-13-11-9-7-2/h8,10,14,16,18-19,21-22,24-25,27-28,30-31,33-34,36-37,39-40,60,64H,6-7,9,11-13,15,17,20,23,26,29,32,35,38,41-59H2,1-5H3/b10-8-,16-14-,19-18-,22-21-,25-24-,28-27-,31-30-,34-33-,37-36-,40-39-. The topological polar surface area (TPSA) is 111 Å². The average Bonchev–Trinajstić information content (AvgIpc) is 3.36. The number of hydrogen-bond donors (Lipinski definition) is 0. The monoisotopic (exact) mass is 1020 g/mol. The van der Waals surface area contributed by atoms with Crippen molar-refractivity contribution in [2.75, 3.05) is 47.5 Å². The number of esters is 2. The molecule has 0 heterocycles. The van der Waals surface area contributed by atoms with Crippen LogP contribution in [-0.4, -0.2) is 82.3 Å². The zero-order chi connectivity index (χ0) is 53.4. The molecule has 0 bridgehead atoms. The van der Waals surface area contributed by atoms with E-state index < -0.39 is 24.3 Å². The lowest BCUT2D eigenvalue weighted by atomic mass is 10.1. The maximum atomic E-state index is 12.8. The van der Waals surface area contributed by atoms with Crippen LogP contribution < -0.4 is 5.11 Å². The fourth-order valence-corrected chi connectivity index (χ4v) is 7.33. The van der Waals surface area contributed by atoms with E-state index in [2.05, 4.69) is 135 Å². The lowest BCUT2D eigenvalue weighted by Crippen LogP contribution is -2.44. The first-order chi connectivity index (χ1) is 35.6. The van der Waals surface area contributed by atoms with Crippen LogP contribution in [0.5, 0.6) is 0 Å². The molecule has 9 heteroatoms. The summed E-state index contributed by atoms with van der Waals surface area (Å²) >= 11 is 0. The molecule has 0 fully saturated rings. The molecule has 0 aliphatic heterocycles. The predicted octanol–water partition coefficient (Wildman–Crippen LogP) is 15.6. The molecular formula is C64H105NO8. The van der Waals surface area contributed by atoms with Crippen molar-refractivity contribution in [1.29, 1.82) is 0 Å². The van der Waals surface area contributed by atoms with Gasteiger partial charge < -0.3 is 33.3 Å². The predicted molar refractivity (Wildman–Crippen MR) is 306 cm³/mol. The SMILES string of the molecule is CC/C=C\C/C=C\C/C=C\C/C=C\C/C=C\C/C=C\C/C=C\C/C=C\C/C=C\C/C=C\CCCCCCCCCCC(=O)OC(COC(=O)CCCCCCCCCCC)COC(OCC[N+](C)(C)C)C(=O)[O-]. The van der Waals surface area contributed by atoms with Gasteiger partial charge >= 0.3 is 11.9 Å². The van der Waals surface area contributed by atoms with Crippen LogP contribution in [0.15, 0.2) is 122 Å². The van der Waals surface area contributed by atoms with Gasteiger partial charge in [-0.2, -0.15) is 0 Å². The van der Waals surface area contributed by atoms with Gasteiger partial charge in [-0.1, -0.05) is 225 Å². The average molecular weight is 1020 g/mol. The number of hydrogen-bond acceptors (Lipinski definition) is 8. The quantitative estimate of drug-likeness (QED) is 0.0195. The van der Waals surface area contributed by atoms with E-state index in [1.807, 2.05) is 21.1 Å². The van der Waals surface area contributed by atoms with E-state index >= 15 is 0 Å². The van der Waals surface area contributed by atoms with Crippen LogP contribution in [0, 0.1) is 0 Å². The number of likely N-dealkylation sites (N-methyl/N-ethyl adjacent to an activating group) is 1. The van der Waals surface area contributed by atoms with Gasteiger partial charge in [-0.05, 0) is 89.9 Å². The third kappa shape index (κ3) is 55.3. The smallest absolute Gasteiger partial charge is 0.306 e. The summed E-state index contributed by atoms with van der Waals surface area (Å²) in [4.78, 5) is 37.0. The van der Waals surface area contributed by atoms with Gasteiger partial charge in [-0.3, -0.25) is 9.59 Å². The molecule has 0 aromatic heterocycles. The van der Waals surface area contributed by atoms with Gasteiger partial charge in [-0.25, -0.2) is 0 Å². The molecule has 0 aromatic rings. The molecule has 2 atom stereocenters. The zero-order valence-electron chi connectivity index (χ0n) is 47.0. The van der Waals surface area contributed by atoms with E-state index in [1.165, 1.54) is 64.2 Å². The highest BCUT2D eigenvalue weighted by Gasteiger charge is 2.22. The number of rotatable bonds is 51. The van der Waals surface area contributed by atoms with Crippen molar-refractivity contribution < 1.29 is 42.9 Å². The van der Waals surface area contributed by atoms with E-state index in [0.29, 0.717) is 17.4 Å². The molecule has 0 spiro atoms. The Kier molecular flexibility index (Phi) is 50.8. The van der Waals surface area contributed by atoms with Crippen LogP contribution >= 0.6 is 0 Å². The van der Waals surface area contributed by atoms with Crippen molar-refractivity contribution in [3.8, 4) is 0 Å². The van der Waals surface area contributed by atoms with Crippen LogP contribution in [0.25, 0.3) is 0 Å². The molecule has 414 valence electrons. The van der Waals surface area contributed by atoms with Crippen molar-refractivity contribution in [3.05, 3.63) is 122 Å². The van der Waals surface area contributed by atoms with Gasteiger partial charge in [0, 0.05) is 12.8 Å². The Bertz CT molecular complexity index is 1610. The summed E-state index contributed by atoms with van der Waals surface area (Å²) in [6.07, 6.45) is 72.7. The number of allylic oxidation sites excluding steroid dienone is 20. The zero-order valence-corrected chi connectivity index (χ0v) is 47.0. The third-order valence-electron chi connectivity index (χ3n) is 11.7. The van der Waals surface area contributed by atoms with Crippen molar-refractivity contribution in [2.24, 2.45) is 0 Å². The number of quaternary nitrogens is 1. The van der Waals surface area contributed by atoms with E-state index in [-0.39, 0.29) is 38.6 Å². The summed E-state index contributed by atoms with van der Waals surface area (Å²) in [7, 11) is 5.90. The number of aliphatic carboxylic acids is 1. The Morgan fingerprint density at radius 1 is 0.425 bits per heavy atom. The second-order valence-electron chi connectivity index (χ2n) is 19.9. The Hall–Kier alpha value is -4.31. The van der Waals surface area contributed by atoms with Crippen molar-refractivity contribution in [2.45, 2.75) is 219 Å². The minimum atomic E-state index is -1.63. The maximum absolute atomic E-state index is 12.8. The minimum absolute atomic E-state index is 0.141. The Labute approximate surface area is 447 Å². The highest BCUT2D eigenvalue weighted by atomic mass is 16.7. The highest BCUT2D eigenvalue weighted by molar-refractivity contribution is 5.70. The normalized spacial score (nSPS) is 13.7. The van der Waals surface area contributed by atoms with Gasteiger partial charge in [0.25, 0.3) is 0 Å². The molecule has 73 heavy (non-hydrogen) atoms. The third-order valence-corrected chi connectivity index (χ3v) is 11.7. The van der Waals surface area contributed by atoms with Crippen LogP contribution in [0.4, 0.5) is 0 Å². The van der Waals surface area contributed by atoms with E-state index in [1.54, 1.807) is 0 Å². The number of carboxylic acids is 1. The highest BCUT2D eigenvalue weighted by Crippen LogP contribution is 2.14. The number of nitrogens with zero attached hydrogens (tertiary/aromatic N) is 1. The Balaban J connectivity index is 4.12. The van der Waals surface area contributed by atoms with Gasteiger partial charge in [-0.15, -0.1) is 0 Å². The largest absolute Gasteiger partial charge is 0.545 e. The summed E-state index contributed by atoms with van der Waals surface area (Å²) in [5.41, 5.74) is 0. The van der Waals surface area contributed by atoms with Gasteiger partial charge in [0.2, 0.25) is 0 Å². The molecule has 0 aliphatic rings. The molecule has 9 nitrogen and oxygen atoms in total. The molecule has 0 rings (SSSR count). The number of carbonyl (C=O) groups is 3. The second kappa shape index (κ2) is 54.0. The van der Waals surface area contributed by atoms with Crippen LogP contribution in [-0.2, 0) is 33.3 Å². The van der Waals surface area contributed by atoms with E-state index in [9.17, 15) is 19.5 Å². The fraction of sp³-hybridized carbons (Fsp3) is 0.641. The van der Waals surface area contributed by atoms with Crippen LogP contribution in [0.1, 0.15) is 206 Å². The van der Waals surface area contributed by atoms with Crippen LogP contribution in [0.2, 0.25) is 0 Å². The van der Waals surface area contributed by atoms with Crippen molar-refractivity contribution in [3.63, 3.8) is 0 Å². The van der Waals surface area contributed by atoms with E-state index in [4.69, 9.17) is 18.9 Å². The van der Waals surface area contributed by atoms with Gasteiger partial charge in [0.1, 0.15) is 13.2 Å². The first-order valence-electron chi connectivity index (χ1n) is 28.7. The molecule has 0 aromatic carbocycles. The first-order valence-corrected chi connectivity index (χ1v) is 28.7. The summed E-state index contributed by atoms with van der Waals surface area (Å²) in [5.74, 6) is -2.31. The Morgan fingerprint density at radius 2 is 0.781 bits per heavy atom. The van der Waals surface area contributed by atoms with E-state index in [0.717, 1.165) is 109 Å². The number of unbranched alkanes of at least 4 members (excludes halogenated alkanes) is 16. The fourth-order valence-electron chi connectivity index (χ4n) is 7.33. The number of ether oxygens (including phenoxy) is 4. The summed E-state index contributed by atoms with van der Waals surface area (Å²) in [6.45, 7) is 4.57. The maximum Gasteiger partial charge on any atom is 0.306 e. The number of carbonyl (C=O) groups excluding carboxylic acids is 3. The molecule has 0 saturated carbocycles. The molecule has 0 amide bonds. The molecule has 2 unspecified atom stereocenters. The lowest BCUT2D eigenvalue weighted by molar-refractivity contribution is -0.870. The number of carboxylic acid groups (broad SMARTS) is 1. The molecule has 0 N–H and O–H groups in total. The first kappa shape index (κ1) is 68.7. The van der Waals surface area contributed by atoms with Crippen molar-refractivity contribution >= 4 is 17.9 Å². The summed E-state index contributed by atoms with van der Waals surface area (Å²) in [6, 6.07) is 0. The summed E-state index contributed by atoms with van der Waals surface area (Å²) < 4.78 is 22.6.